The van der Waals surface area contributed by atoms with E-state index in [1.807, 2.05) is 12.1 Å². The molecule has 1 heterocycles. The van der Waals surface area contributed by atoms with Crippen LogP contribution in [0.4, 0.5) is 0 Å². The summed E-state index contributed by atoms with van der Waals surface area (Å²) in [6.07, 6.45) is 6.51. The van der Waals surface area contributed by atoms with Crippen LogP contribution in [0.2, 0.25) is 0 Å². The standard InChI is InChI=1S/C25H32N2O4S/c1-31-21-9-13-23(14-10-21)32(30)22-11-7-19(8-12-22)24(25(28)29)27-17-15-26(16-18-27)20-5-3-2-4-6-20/h7-14,20,24H,2-6,15-18H2,1H3,(H,28,29). The third-order valence-electron chi connectivity index (χ3n) is 6.72. The van der Waals surface area contributed by atoms with Crippen LogP contribution in [0.5, 0.6) is 5.75 Å². The third kappa shape index (κ3) is 5.22. The van der Waals surface area contributed by atoms with Crippen LogP contribution in [0.1, 0.15) is 43.7 Å². The summed E-state index contributed by atoms with van der Waals surface area (Å²) in [5.74, 6) is -0.117. The second-order valence-electron chi connectivity index (χ2n) is 8.62. The molecule has 2 fully saturated rings. The topological polar surface area (TPSA) is 70.1 Å². The van der Waals surface area contributed by atoms with Crippen molar-refractivity contribution in [3.8, 4) is 5.75 Å². The van der Waals surface area contributed by atoms with Gasteiger partial charge in [-0.3, -0.25) is 14.6 Å². The normalized spacial score (nSPS) is 20.5. The molecule has 1 aliphatic heterocycles. The summed E-state index contributed by atoms with van der Waals surface area (Å²) < 4.78 is 18.0. The van der Waals surface area contributed by atoms with Crippen LogP contribution in [0, 0.1) is 0 Å². The average molecular weight is 457 g/mol. The molecule has 1 N–H and O–H groups in total. The van der Waals surface area contributed by atoms with Crippen LogP contribution in [-0.4, -0.2) is 64.4 Å². The van der Waals surface area contributed by atoms with E-state index in [0.717, 1.165) is 31.7 Å². The zero-order valence-corrected chi connectivity index (χ0v) is 19.4. The van der Waals surface area contributed by atoms with Crippen molar-refractivity contribution in [2.75, 3.05) is 33.3 Å². The molecule has 0 aromatic heterocycles. The van der Waals surface area contributed by atoms with Gasteiger partial charge < -0.3 is 9.84 Å². The molecule has 2 aromatic carbocycles. The lowest BCUT2D eigenvalue weighted by Crippen LogP contribution is -2.52. The van der Waals surface area contributed by atoms with Gasteiger partial charge in [-0.1, -0.05) is 31.4 Å². The smallest absolute Gasteiger partial charge is 0.325 e. The second-order valence-corrected chi connectivity index (χ2v) is 10.1. The molecule has 1 saturated heterocycles. The molecule has 2 atom stereocenters. The Morgan fingerprint density at radius 3 is 2.03 bits per heavy atom. The molecule has 1 aliphatic carbocycles. The molecule has 32 heavy (non-hydrogen) atoms. The minimum Gasteiger partial charge on any atom is -0.497 e. The minimum atomic E-state index is -1.33. The first-order valence-corrected chi connectivity index (χ1v) is 12.6. The predicted octanol–water partition coefficient (Wildman–Crippen LogP) is 3.94. The summed E-state index contributed by atoms with van der Waals surface area (Å²) in [7, 11) is 0.272. The highest BCUT2D eigenvalue weighted by atomic mass is 32.2. The van der Waals surface area contributed by atoms with Crippen molar-refractivity contribution in [3.63, 3.8) is 0 Å². The van der Waals surface area contributed by atoms with E-state index in [0.29, 0.717) is 21.6 Å². The minimum absolute atomic E-state index is 0.658. The maximum absolute atomic E-state index is 12.9. The number of rotatable bonds is 7. The van der Waals surface area contributed by atoms with Crippen molar-refractivity contribution in [2.45, 2.75) is 54.0 Å². The lowest BCUT2D eigenvalue weighted by molar-refractivity contribution is -0.144. The van der Waals surface area contributed by atoms with E-state index in [1.165, 1.54) is 32.1 Å². The fourth-order valence-corrected chi connectivity index (χ4v) is 5.96. The van der Waals surface area contributed by atoms with E-state index in [4.69, 9.17) is 4.74 Å². The Morgan fingerprint density at radius 1 is 0.938 bits per heavy atom. The molecule has 6 nitrogen and oxygen atoms in total. The third-order valence-corrected chi connectivity index (χ3v) is 8.12. The molecule has 2 aromatic rings. The number of aliphatic carboxylic acids is 1. The Hall–Kier alpha value is -2.22. The highest BCUT2D eigenvalue weighted by Gasteiger charge is 2.32. The Bertz CT molecular complexity index is 918. The maximum atomic E-state index is 12.9. The zero-order valence-electron chi connectivity index (χ0n) is 18.6. The van der Waals surface area contributed by atoms with Crippen molar-refractivity contribution in [1.82, 2.24) is 9.80 Å². The van der Waals surface area contributed by atoms with E-state index in [-0.39, 0.29) is 0 Å². The number of nitrogens with zero attached hydrogens (tertiary/aromatic N) is 2. The summed E-state index contributed by atoms with van der Waals surface area (Å²) in [4.78, 5) is 18.1. The number of hydrogen-bond donors (Lipinski definition) is 1. The number of ether oxygens (including phenoxy) is 1. The predicted molar refractivity (Wildman–Crippen MR) is 125 cm³/mol. The molecule has 0 amide bonds. The molecule has 0 bridgehead atoms. The first-order chi connectivity index (χ1) is 15.6. The van der Waals surface area contributed by atoms with E-state index < -0.39 is 22.8 Å². The van der Waals surface area contributed by atoms with E-state index in [9.17, 15) is 14.1 Å². The highest BCUT2D eigenvalue weighted by molar-refractivity contribution is 7.85. The SMILES string of the molecule is COc1ccc(S(=O)c2ccc(C(C(=O)O)N3CCN(C4CCCCC4)CC3)cc2)cc1. The van der Waals surface area contributed by atoms with Gasteiger partial charge in [0.25, 0.3) is 0 Å². The lowest BCUT2D eigenvalue weighted by atomic mass is 9.93. The fraction of sp³-hybridized carbons (Fsp3) is 0.480. The summed E-state index contributed by atoms with van der Waals surface area (Å²) >= 11 is 0. The molecule has 7 heteroatoms. The Labute approximate surface area is 192 Å². The number of carbonyl (C=O) groups is 1. The highest BCUT2D eigenvalue weighted by Crippen LogP contribution is 2.28. The van der Waals surface area contributed by atoms with Crippen molar-refractivity contribution < 1.29 is 18.8 Å². The van der Waals surface area contributed by atoms with Crippen LogP contribution < -0.4 is 4.74 Å². The fourth-order valence-electron chi connectivity index (χ4n) is 4.93. The Balaban J connectivity index is 1.42. The van der Waals surface area contributed by atoms with Crippen molar-refractivity contribution in [3.05, 3.63) is 54.1 Å². The van der Waals surface area contributed by atoms with Gasteiger partial charge in [-0.15, -0.1) is 0 Å². The zero-order chi connectivity index (χ0) is 22.5. The van der Waals surface area contributed by atoms with Crippen molar-refractivity contribution >= 4 is 16.8 Å². The lowest BCUT2D eigenvalue weighted by Gasteiger charge is -2.42. The van der Waals surface area contributed by atoms with Gasteiger partial charge in [-0.05, 0) is 54.8 Å². The van der Waals surface area contributed by atoms with Crippen molar-refractivity contribution in [1.29, 1.82) is 0 Å². The Morgan fingerprint density at radius 2 is 1.50 bits per heavy atom. The molecule has 0 radical (unpaired) electrons. The van der Waals surface area contributed by atoms with Gasteiger partial charge in [0.1, 0.15) is 11.8 Å². The number of carboxylic acid groups (broad SMARTS) is 1. The summed E-state index contributed by atoms with van der Waals surface area (Å²) in [6.45, 7) is 3.36. The molecular formula is C25H32N2O4S. The average Bonchev–Trinajstić information content (AvgIpc) is 2.85. The Kier molecular flexibility index (Phi) is 7.60. The number of hydrogen-bond acceptors (Lipinski definition) is 5. The van der Waals surface area contributed by atoms with Crippen LogP contribution in [0.3, 0.4) is 0 Å². The number of piperazine rings is 1. The van der Waals surface area contributed by atoms with Gasteiger partial charge >= 0.3 is 5.97 Å². The van der Waals surface area contributed by atoms with Crippen molar-refractivity contribution in [2.24, 2.45) is 0 Å². The first kappa shape index (κ1) is 23.0. The van der Waals surface area contributed by atoms with Gasteiger partial charge in [0.15, 0.2) is 0 Å². The molecule has 4 rings (SSSR count). The van der Waals surface area contributed by atoms with E-state index >= 15 is 0 Å². The molecule has 172 valence electrons. The number of methoxy groups -OCH3 is 1. The van der Waals surface area contributed by atoms with E-state index in [1.54, 1.807) is 43.5 Å². The second kappa shape index (κ2) is 10.6. The van der Waals surface area contributed by atoms with Gasteiger partial charge in [0, 0.05) is 42.0 Å². The van der Waals surface area contributed by atoms with Crippen LogP contribution >= 0.6 is 0 Å². The van der Waals surface area contributed by atoms with E-state index in [2.05, 4.69) is 9.80 Å². The van der Waals surface area contributed by atoms with Gasteiger partial charge in [-0.2, -0.15) is 0 Å². The monoisotopic (exact) mass is 456 g/mol. The van der Waals surface area contributed by atoms with Gasteiger partial charge in [0.2, 0.25) is 0 Å². The van der Waals surface area contributed by atoms with Crippen LogP contribution in [0.25, 0.3) is 0 Å². The summed E-state index contributed by atoms with van der Waals surface area (Å²) in [5.41, 5.74) is 0.735. The number of benzene rings is 2. The van der Waals surface area contributed by atoms with Gasteiger partial charge in [-0.25, -0.2) is 4.21 Å². The quantitative estimate of drug-likeness (QED) is 0.681. The molecule has 2 unspecified atom stereocenters. The molecule has 1 saturated carbocycles. The maximum Gasteiger partial charge on any atom is 0.325 e. The summed E-state index contributed by atoms with van der Waals surface area (Å²) in [5, 5.41) is 9.97. The van der Waals surface area contributed by atoms with Crippen LogP contribution in [0.15, 0.2) is 58.3 Å². The number of carboxylic acids is 1. The molecule has 2 aliphatic rings. The van der Waals surface area contributed by atoms with Gasteiger partial charge in [0.05, 0.1) is 17.9 Å². The first-order valence-electron chi connectivity index (χ1n) is 11.4. The molecular weight excluding hydrogens is 424 g/mol. The molecule has 0 spiro atoms. The summed E-state index contributed by atoms with van der Waals surface area (Å²) in [6, 6.07) is 14.3. The van der Waals surface area contributed by atoms with Crippen LogP contribution in [-0.2, 0) is 15.6 Å². The largest absolute Gasteiger partial charge is 0.497 e.